The van der Waals surface area contributed by atoms with Crippen molar-refractivity contribution in [1.29, 1.82) is 0 Å². The molecule has 0 bridgehead atoms. The van der Waals surface area contributed by atoms with Gasteiger partial charge in [-0.3, -0.25) is 9.69 Å². The molecule has 2 N–H and O–H groups in total. The smallest absolute Gasteiger partial charge is 0.325 e. The third-order valence-electron chi connectivity index (χ3n) is 3.11. The highest BCUT2D eigenvalue weighted by Gasteiger charge is 2.29. The van der Waals surface area contributed by atoms with E-state index in [1.165, 1.54) is 0 Å². The number of nitrogens with zero attached hydrogens (tertiary/aromatic N) is 1. The maximum absolute atomic E-state index is 11.4. The van der Waals surface area contributed by atoms with Gasteiger partial charge in [-0.25, -0.2) is 0 Å². The van der Waals surface area contributed by atoms with E-state index in [0.29, 0.717) is 6.04 Å². The molecule has 1 aromatic rings. The van der Waals surface area contributed by atoms with Crippen LogP contribution in [0.1, 0.15) is 18.5 Å². The molecule has 92 valence electrons. The Labute approximate surface area is 101 Å². The number of aliphatic carboxylic acids is 1. The number of rotatable bonds is 3. The summed E-state index contributed by atoms with van der Waals surface area (Å²) >= 11 is 0. The molecule has 0 saturated carbocycles. The molecule has 4 nitrogen and oxygen atoms in total. The second-order valence-corrected chi connectivity index (χ2v) is 4.50. The molecule has 1 fully saturated rings. The maximum Gasteiger partial charge on any atom is 0.325 e. The fourth-order valence-corrected chi connectivity index (χ4v) is 2.34. The van der Waals surface area contributed by atoms with Gasteiger partial charge in [-0.15, -0.1) is 0 Å². The number of carbonyl (C=O) groups is 1. The summed E-state index contributed by atoms with van der Waals surface area (Å²) in [6.07, 6.45) is 0. The predicted octanol–water partition coefficient (Wildman–Crippen LogP) is 1.11. The maximum atomic E-state index is 11.4. The van der Waals surface area contributed by atoms with Crippen molar-refractivity contribution in [3.05, 3.63) is 35.9 Å². The minimum absolute atomic E-state index is 0.342. The molecule has 0 spiro atoms. The molecular formula is C13H18N2O2. The fraction of sp³-hybridized carbons (Fsp3) is 0.462. The summed E-state index contributed by atoms with van der Waals surface area (Å²) in [7, 11) is 0. The van der Waals surface area contributed by atoms with Gasteiger partial charge in [0.2, 0.25) is 0 Å². The van der Waals surface area contributed by atoms with E-state index in [1.807, 2.05) is 35.2 Å². The first-order valence-corrected chi connectivity index (χ1v) is 5.93. The van der Waals surface area contributed by atoms with Crippen molar-refractivity contribution in [2.24, 2.45) is 0 Å². The van der Waals surface area contributed by atoms with E-state index < -0.39 is 12.0 Å². The zero-order valence-electron chi connectivity index (χ0n) is 9.97. The lowest BCUT2D eigenvalue weighted by Gasteiger charge is -2.35. The minimum Gasteiger partial charge on any atom is -0.480 e. The number of nitrogens with one attached hydrogen (secondary N) is 1. The molecule has 1 aliphatic heterocycles. The summed E-state index contributed by atoms with van der Waals surface area (Å²) in [5.74, 6) is -0.773. The summed E-state index contributed by atoms with van der Waals surface area (Å²) in [6.45, 7) is 4.47. The van der Waals surface area contributed by atoms with E-state index in [2.05, 4.69) is 12.2 Å². The van der Waals surface area contributed by atoms with Crippen LogP contribution in [0.4, 0.5) is 0 Å². The van der Waals surface area contributed by atoms with Crippen molar-refractivity contribution in [3.63, 3.8) is 0 Å². The number of carboxylic acid groups (broad SMARTS) is 1. The zero-order valence-corrected chi connectivity index (χ0v) is 9.97. The quantitative estimate of drug-likeness (QED) is 0.822. The van der Waals surface area contributed by atoms with Crippen LogP contribution in [0.5, 0.6) is 0 Å². The molecular weight excluding hydrogens is 216 g/mol. The Kier molecular flexibility index (Phi) is 3.76. The van der Waals surface area contributed by atoms with Gasteiger partial charge in [0, 0.05) is 25.7 Å². The largest absolute Gasteiger partial charge is 0.480 e. The Morgan fingerprint density at radius 2 is 2.18 bits per heavy atom. The van der Waals surface area contributed by atoms with Gasteiger partial charge in [0.05, 0.1) is 0 Å². The van der Waals surface area contributed by atoms with Gasteiger partial charge >= 0.3 is 5.97 Å². The van der Waals surface area contributed by atoms with Gasteiger partial charge in [-0.1, -0.05) is 30.3 Å². The summed E-state index contributed by atoms with van der Waals surface area (Å²) in [5, 5.41) is 12.7. The van der Waals surface area contributed by atoms with Gasteiger partial charge in [0.1, 0.15) is 6.04 Å². The van der Waals surface area contributed by atoms with Crippen molar-refractivity contribution in [2.75, 3.05) is 19.6 Å². The molecule has 1 aromatic carbocycles. The molecule has 0 aromatic heterocycles. The Balaban J connectivity index is 2.20. The first kappa shape index (κ1) is 12.1. The first-order valence-electron chi connectivity index (χ1n) is 5.93. The molecule has 17 heavy (non-hydrogen) atoms. The van der Waals surface area contributed by atoms with Gasteiger partial charge in [-0.2, -0.15) is 0 Å². The van der Waals surface area contributed by atoms with Crippen LogP contribution in [-0.4, -0.2) is 41.7 Å². The van der Waals surface area contributed by atoms with Crippen LogP contribution in [0.25, 0.3) is 0 Å². The Hall–Kier alpha value is -1.39. The summed E-state index contributed by atoms with van der Waals surface area (Å²) in [6, 6.07) is 9.25. The van der Waals surface area contributed by atoms with Gasteiger partial charge in [0.15, 0.2) is 0 Å². The molecule has 2 unspecified atom stereocenters. The molecule has 2 rings (SSSR count). The van der Waals surface area contributed by atoms with Gasteiger partial charge in [0.25, 0.3) is 0 Å². The second kappa shape index (κ2) is 5.29. The predicted molar refractivity (Wildman–Crippen MR) is 65.9 cm³/mol. The van der Waals surface area contributed by atoms with E-state index in [-0.39, 0.29) is 0 Å². The Bertz CT molecular complexity index is 380. The highest BCUT2D eigenvalue weighted by molar-refractivity contribution is 5.75. The average Bonchev–Trinajstić information content (AvgIpc) is 2.30. The van der Waals surface area contributed by atoms with Crippen LogP contribution < -0.4 is 5.32 Å². The van der Waals surface area contributed by atoms with Crippen LogP contribution in [0.2, 0.25) is 0 Å². The monoisotopic (exact) mass is 234 g/mol. The molecule has 2 atom stereocenters. The highest BCUT2D eigenvalue weighted by atomic mass is 16.4. The van der Waals surface area contributed by atoms with Crippen LogP contribution in [0.3, 0.4) is 0 Å². The average molecular weight is 234 g/mol. The van der Waals surface area contributed by atoms with Crippen LogP contribution in [-0.2, 0) is 4.79 Å². The molecule has 0 radical (unpaired) electrons. The lowest BCUT2D eigenvalue weighted by molar-refractivity contribution is -0.144. The Morgan fingerprint density at radius 1 is 1.47 bits per heavy atom. The molecule has 1 heterocycles. The van der Waals surface area contributed by atoms with E-state index in [0.717, 1.165) is 25.2 Å². The van der Waals surface area contributed by atoms with Crippen LogP contribution in [0, 0.1) is 0 Å². The molecule has 0 amide bonds. The number of carboxylic acids is 1. The third kappa shape index (κ3) is 2.84. The van der Waals surface area contributed by atoms with Gasteiger partial charge in [-0.05, 0) is 12.5 Å². The van der Waals surface area contributed by atoms with Crippen molar-refractivity contribution in [1.82, 2.24) is 10.2 Å². The molecule has 1 saturated heterocycles. The molecule has 4 heteroatoms. The van der Waals surface area contributed by atoms with Crippen molar-refractivity contribution >= 4 is 5.97 Å². The summed E-state index contributed by atoms with van der Waals surface area (Å²) < 4.78 is 0. The van der Waals surface area contributed by atoms with E-state index in [9.17, 15) is 9.90 Å². The second-order valence-electron chi connectivity index (χ2n) is 4.50. The lowest BCUT2D eigenvalue weighted by Crippen LogP contribution is -2.51. The van der Waals surface area contributed by atoms with E-state index >= 15 is 0 Å². The van der Waals surface area contributed by atoms with E-state index in [4.69, 9.17) is 0 Å². The number of hydrogen-bond acceptors (Lipinski definition) is 3. The standard InChI is InChI=1S/C13H18N2O2/c1-10-9-15(8-7-14-10)12(13(16)17)11-5-3-2-4-6-11/h2-6,10,12,14H,7-9H2,1H3,(H,16,17). The number of piperazine rings is 1. The van der Waals surface area contributed by atoms with E-state index in [1.54, 1.807) is 0 Å². The first-order chi connectivity index (χ1) is 8.18. The molecule has 1 aliphatic rings. The Morgan fingerprint density at radius 3 is 2.76 bits per heavy atom. The normalized spacial score (nSPS) is 23.2. The minimum atomic E-state index is -0.773. The SMILES string of the molecule is CC1CN(C(C(=O)O)c2ccccc2)CCN1. The number of hydrogen-bond donors (Lipinski definition) is 2. The van der Waals surface area contributed by atoms with Crippen molar-refractivity contribution in [3.8, 4) is 0 Å². The fourth-order valence-electron chi connectivity index (χ4n) is 2.34. The van der Waals surface area contributed by atoms with Crippen molar-refractivity contribution < 1.29 is 9.90 Å². The topological polar surface area (TPSA) is 52.6 Å². The highest BCUT2D eigenvalue weighted by Crippen LogP contribution is 2.22. The van der Waals surface area contributed by atoms with Crippen LogP contribution in [0.15, 0.2) is 30.3 Å². The summed E-state index contributed by atoms with van der Waals surface area (Å²) in [4.78, 5) is 13.5. The summed E-state index contributed by atoms with van der Waals surface area (Å²) in [5.41, 5.74) is 0.856. The van der Waals surface area contributed by atoms with Gasteiger partial charge < -0.3 is 10.4 Å². The van der Waals surface area contributed by atoms with Crippen molar-refractivity contribution in [2.45, 2.75) is 19.0 Å². The zero-order chi connectivity index (χ0) is 12.3. The molecule has 0 aliphatic carbocycles. The van der Waals surface area contributed by atoms with Crippen LogP contribution >= 0.6 is 0 Å². The number of benzene rings is 1. The lowest BCUT2D eigenvalue weighted by atomic mass is 10.0. The third-order valence-corrected chi connectivity index (χ3v) is 3.11.